The monoisotopic (exact) mass is 331 g/mol. The number of halogens is 1. The van der Waals surface area contributed by atoms with Crippen LogP contribution in [-0.2, 0) is 10.0 Å². The number of likely N-dealkylation sites (N-methyl/N-ethyl adjacent to an activating group) is 1. The zero-order chi connectivity index (χ0) is 15.8. The highest BCUT2D eigenvalue weighted by atomic mass is 35.5. The van der Waals surface area contributed by atoms with Gasteiger partial charge in [0.05, 0.1) is 4.90 Å². The molecular weight excluding hydrogens is 310 g/mol. The SMILES string of the molecule is Cc1c(N)cc(S(=O)(=O)N2CCCN(C)CC2C)cc1Cl. The Balaban J connectivity index is 2.41. The van der Waals surface area contributed by atoms with Gasteiger partial charge in [-0.15, -0.1) is 0 Å². The van der Waals surface area contributed by atoms with Crippen molar-refractivity contribution in [3.63, 3.8) is 0 Å². The third kappa shape index (κ3) is 3.34. The summed E-state index contributed by atoms with van der Waals surface area (Å²) in [5.41, 5.74) is 6.97. The van der Waals surface area contributed by atoms with Crippen molar-refractivity contribution in [3.8, 4) is 0 Å². The number of nitrogens with zero attached hydrogens (tertiary/aromatic N) is 2. The number of anilines is 1. The summed E-state index contributed by atoms with van der Waals surface area (Å²) in [6.07, 6.45) is 0.815. The topological polar surface area (TPSA) is 66.6 Å². The molecule has 0 bridgehead atoms. The average molecular weight is 332 g/mol. The van der Waals surface area contributed by atoms with Crippen LogP contribution in [0.15, 0.2) is 17.0 Å². The van der Waals surface area contributed by atoms with E-state index in [0.29, 0.717) is 29.4 Å². The van der Waals surface area contributed by atoms with Crippen LogP contribution >= 0.6 is 11.6 Å². The third-order valence-corrected chi connectivity index (χ3v) is 6.33. The highest BCUT2D eigenvalue weighted by molar-refractivity contribution is 7.89. The van der Waals surface area contributed by atoms with E-state index in [1.165, 1.54) is 12.1 Å². The van der Waals surface area contributed by atoms with Gasteiger partial charge in [0.15, 0.2) is 0 Å². The summed E-state index contributed by atoms with van der Waals surface area (Å²) < 4.78 is 27.3. The van der Waals surface area contributed by atoms with Crippen LogP contribution in [0.4, 0.5) is 5.69 Å². The molecule has 118 valence electrons. The first-order valence-corrected chi connectivity index (χ1v) is 8.81. The van der Waals surface area contributed by atoms with Gasteiger partial charge < -0.3 is 10.6 Å². The van der Waals surface area contributed by atoms with Crippen molar-refractivity contribution in [2.45, 2.75) is 31.2 Å². The van der Waals surface area contributed by atoms with Crippen molar-refractivity contribution in [1.29, 1.82) is 0 Å². The molecule has 1 atom stereocenters. The molecule has 0 saturated carbocycles. The molecular formula is C14H22ClN3O2S. The highest BCUT2D eigenvalue weighted by Crippen LogP contribution is 2.29. The molecule has 0 spiro atoms. The Bertz CT molecular complexity index is 610. The smallest absolute Gasteiger partial charge is 0.243 e. The van der Waals surface area contributed by atoms with Crippen molar-refractivity contribution >= 4 is 27.3 Å². The van der Waals surface area contributed by atoms with Crippen molar-refractivity contribution in [2.75, 3.05) is 32.4 Å². The molecule has 2 N–H and O–H groups in total. The molecule has 1 fully saturated rings. The Kier molecular flexibility index (Phi) is 4.82. The maximum Gasteiger partial charge on any atom is 0.243 e. The quantitative estimate of drug-likeness (QED) is 0.841. The van der Waals surface area contributed by atoms with Gasteiger partial charge in [-0.3, -0.25) is 0 Å². The molecule has 1 aliphatic rings. The normalized spacial score (nSPS) is 22.2. The van der Waals surface area contributed by atoms with Crippen LogP contribution in [-0.4, -0.2) is 50.3 Å². The molecule has 2 rings (SSSR count). The van der Waals surface area contributed by atoms with Crippen LogP contribution in [0.25, 0.3) is 0 Å². The van der Waals surface area contributed by atoms with Crippen LogP contribution in [0.3, 0.4) is 0 Å². The fraction of sp³-hybridized carbons (Fsp3) is 0.571. The van der Waals surface area contributed by atoms with Gasteiger partial charge in [-0.1, -0.05) is 11.6 Å². The standard InChI is InChI=1S/C14H22ClN3O2S/c1-10-9-17(3)5-4-6-18(10)21(19,20)12-7-13(15)11(2)14(16)8-12/h7-8,10H,4-6,9,16H2,1-3H3. The lowest BCUT2D eigenvalue weighted by Gasteiger charge is -2.27. The fourth-order valence-corrected chi connectivity index (χ4v) is 4.68. The van der Waals surface area contributed by atoms with Gasteiger partial charge in [0, 0.05) is 29.8 Å². The average Bonchev–Trinajstić information content (AvgIpc) is 2.56. The van der Waals surface area contributed by atoms with E-state index in [0.717, 1.165) is 13.0 Å². The molecule has 1 heterocycles. The fourth-order valence-electron chi connectivity index (χ4n) is 2.67. The number of hydrogen-bond acceptors (Lipinski definition) is 4. The first-order chi connectivity index (χ1) is 9.73. The van der Waals surface area contributed by atoms with E-state index in [9.17, 15) is 8.42 Å². The number of benzene rings is 1. The Morgan fingerprint density at radius 2 is 2.00 bits per heavy atom. The number of sulfonamides is 1. The van der Waals surface area contributed by atoms with E-state index in [2.05, 4.69) is 4.90 Å². The molecule has 0 aliphatic carbocycles. The lowest BCUT2D eigenvalue weighted by molar-refractivity contribution is 0.290. The summed E-state index contributed by atoms with van der Waals surface area (Å²) in [6, 6.07) is 2.91. The second-order valence-corrected chi connectivity index (χ2v) is 8.00. The number of nitrogens with two attached hydrogens (primary N) is 1. The molecule has 1 aromatic rings. The molecule has 5 nitrogen and oxygen atoms in total. The Hall–Kier alpha value is -0.820. The maximum atomic E-state index is 12.9. The molecule has 0 amide bonds. The van der Waals surface area contributed by atoms with Gasteiger partial charge >= 0.3 is 0 Å². The number of rotatable bonds is 2. The first-order valence-electron chi connectivity index (χ1n) is 6.99. The Morgan fingerprint density at radius 1 is 1.33 bits per heavy atom. The molecule has 21 heavy (non-hydrogen) atoms. The van der Waals surface area contributed by atoms with Crippen LogP contribution in [0, 0.1) is 6.92 Å². The number of hydrogen-bond donors (Lipinski definition) is 1. The zero-order valence-electron chi connectivity index (χ0n) is 12.6. The van der Waals surface area contributed by atoms with E-state index in [4.69, 9.17) is 17.3 Å². The predicted molar refractivity (Wildman–Crippen MR) is 86.1 cm³/mol. The van der Waals surface area contributed by atoms with Crippen LogP contribution < -0.4 is 5.73 Å². The van der Waals surface area contributed by atoms with Gasteiger partial charge in [0.2, 0.25) is 10.0 Å². The van der Waals surface area contributed by atoms with Crippen LogP contribution in [0.1, 0.15) is 18.9 Å². The summed E-state index contributed by atoms with van der Waals surface area (Å²) >= 11 is 6.08. The second-order valence-electron chi connectivity index (χ2n) is 5.70. The largest absolute Gasteiger partial charge is 0.398 e. The summed E-state index contributed by atoms with van der Waals surface area (Å²) in [4.78, 5) is 2.32. The predicted octanol–water partition coefficient (Wildman–Crippen LogP) is 1.95. The molecule has 0 aromatic heterocycles. The van der Waals surface area contributed by atoms with Crippen molar-refractivity contribution in [2.24, 2.45) is 0 Å². The Labute approximate surface area is 131 Å². The minimum Gasteiger partial charge on any atom is -0.398 e. The van der Waals surface area contributed by atoms with Gasteiger partial charge in [0.25, 0.3) is 0 Å². The molecule has 7 heteroatoms. The first kappa shape index (κ1) is 16.5. The molecule has 1 aromatic carbocycles. The highest BCUT2D eigenvalue weighted by Gasteiger charge is 2.31. The molecule has 1 unspecified atom stereocenters. The second kappa shape index (κ2) is 6.12. The maximum absolute atomic E-state index is 12.9. The third-order valence-electron chi connectivity index (χ3n) is 3.95. The summed E-state index contributed by atoms with van der Waals surface area (Å²) in [7, 11) is -1.57. The van der Waals surface area contributed by atoms with Crippen molar-refractivity contribution < 1.29 is 8.42 Å². The zero-order valence-corrected chi connectivity index (χ0v) is 14.2. The van der Waals surface area contributed by atoms with Gasteiger partial charge in [0.1, 0.15) is 0 Å². The minimum absolute atomic E-state index is 0.0798. The molecule has 0 radical (unpaired) electrons. The van der Waals surface area contributed by atoms with Crippen molar-refractivity contribution in [3.05, 3.63) is 22.7 Å². The van der Waals surface area contributed by atoms with Gasteiger partial charge in [-0.2, -0.15) is 4.31 Å². The van der Waals surface area contributed by atoms with E-state index in [1.807, 2.05) is 14.0 Å². The number of nitrogen functional groups attached to an aromatic ring is 1. The lowest BCUT2D eigenvalue weighted by Crippen LogP contribution is -2.41. The van der Waals surface area contributed by atoms with E-state index < -0.39 is 10.0 Å². The summed E-state index contributed by atoms with van der Waals surface area (Å²) in [5, 5.41) is 0.383. The van der Waals surface area contributed by atoms with Crippen molar-refractivity contribution in [1.82, 2.24) is 9.21 Å². The van der Waals surface area contributed by atoms with Gasteiger partial charge in [-0.25, -0.2) is 8.42 Å². The van der Waals surface area contributed by atoms with Crippen LogP contribution in [0.2, 0.25) is 5.02 Å². The summed E-state index contributed by atoms with van der Waals surface area (Å²) in [5.74, 6) is 0. The van der Waals surface area contributed by atoms with Crippen LogP contribution in [0.5, 0.6) is 0 Å². The van der Waals surface area contributed by atoms with E-state index in [1.54, 1.807) is 11.2 Å². The minimum atomic E-state index is -3.58. The van der Waals surface area contributed by atoms with E-state index in [-0.39, 0.29) is 10.9 Å². The summed E-state index contributed by atoms with van der Waals surface area (Å²) in [6.45, 7) is 5.83. The Morgan fingerprint density at radius 3 is 2.62 bits per heavy atom. The van der Waals surface area contributed by atoms with Gasteiger partial charge in [-0.05, 0) is 51.6 Å². The molecule has 1 saturated heterocycles. The molecule has 1 aliphatic heterocycles. The lowest BCUT2D eigenvalue weighted by atomic mass is 10.2. The van der Waals surface area contributed by atoms with E-state index >= 15 is 0 Å².